The first-order valence-corrected chi connectivity index (χ1v) is 6.84. The number of carbonyl (C=O) groups is 3. The van der Waals surface area contributed by atoms with Gasteiger partial charge in [-0.1, -0.05) is 11.6 Å². The van der Waals surface area contributed by atoms with Gasteiger partial charge in [0.15, 0.2) is 0 Å². The fraction of sp³-hybridized carbons (Fsp3) is 0.267. The summed E-state index contributed by atoms with van der Waals surface area (Å²) in [5.74, 6) is -1.72. The summed E-state index contributed by atoms with van der Waals surface area (Å²) in [7, 11) is 5.59. The van der Waals surface area contributed by atoms with Gasteiger partial charge in [0.05, 0.1) is 30.9 Å². The van der Waals surface area contributed by atoms with Gasteiger partial charge in [0.1, 0.15) is 5.70 Å². The van der Waals surface area contributed by atoms with Crippen LogP contribution < -0.4 is 5.32 Å². The molecule has 0 bridgehead atoms. The largest absolute Gasteiger partial charge is 0.466 e. The number of esters is 2. The SMILES string of the molecule is COC(=O)/C=C(/Nc1ccc(C(=O)N(C)C)c(Cl)c1)C(=O)OC. The number of hydrogen-bond donors (Lipinski definition) is 1. The second kappa shape index (κ2) is 8.19. The highest BCUT2D eigenvalue weighted by molar-refractivity contribution is 6.34. The molecule has 8 heteroatoms. The molecule has 23 heavy (non-hydrogen) atoms. The van der Waals surface area contributed by atoms with Crippen LogP contribution in [-0.2, 0) is 19.1 Å². The van der Waals surface area contributed by atoms with Crippen molar-refractivity contribution >= 4 is 35.1 Å². The van der Waals surface area contributed by atoms with Crippen LogP contribution in [0.25, 0.3) is 0 Å². The first kappa shape index (κ1) is 18.5. The summed E-state index contributed by atoms with van der Waals surface area (Å²) in [6.45, 7) is 0. The second-order valence-corrected chi connectivity index (χ2v) is 5.00. The number of rotatable bonds is 5. The quantitative estimate of drug-likeness (QED) is 0.648. The molecule has 0 heterocycles. The molecule has 0 radical (unpaired) electrons. The number of amides is 1. The van der Waals surface area contributed by atoms with E-state index in [0.29, 0.717) is 11.3 Å². The minimum Gasteiger partial charge on any atom is -0.466 e. The van der Waals surface area contributed by atoms with E-state index in [2.05, 4.69) is 14.8 Å². The van der Waals surface area contributed by atoms with Gasteiger partial charge in [-0.15, -0.1) is 0 Å². The molecule has 1 amide bonds. The number of nitrogens with one attached hydrogen (secondary N) is 1. The zero-order chi connectivity index (χ0) is 17.6. The highest BCUT2D eigenvalue weighted by Crippen LogP contribution is 2.23. The summed E-state index contributed by atoms with van der Waals surface area (Å²) in [5.41, 5.74) is 0.603. The topological polar surface area (TPSA) is 84.9 Å². The molecule has 0 saturated heterocycles. The van der Waals surface area contributed by atoms with Gasteiger partial charge < -0.3 is 19.7 Å². The molecule has 1 aromatic rings. The first-order valence-electron chi connectivity index (χ1n) is 6.46. The van der Waals surface area contributed by atoms with Crippen molar-refractivity contribution in [2.75, 3.05) is 33.6 Å². The average molecular weight is 341 g/mol. The van der Waals surface area contributed by atoms with Crippen LogP contribution in [0.5, 0.6) is 0 Å². The van der Waals surface area contributed by atoms with E-state index < -0.39 is 11.9 Å². The predicted molar refractivity (Wildman–Crippen MR) is 85.2 cm³/mol. The maximum atomic E-state index is 11.9. The van der Waals surface area contributed by atoms with E-state index in [1.54, 1.807) is 20.2 Å². The molecule has 0 aliphatic carbocycles. The van der Waals surface area contributed by atoms with E-state index in [1.807, 2.05) is 0 Å². The third-order valence-corrected chi connectivity index (χ3v) is 3.07. The normalized spacial score (nSPS) is 10.7. The number of nitrogens with zero attached hydrogens (tertiary/aromatic N) is 1. The van der Waals surface area contributed by atoms with E-state index in [9.17, 15) is 14.4 Å². The molecule has 0 fully saturated rings. The van der Waals surface area contributed by atoms with Gasteiger partial charge in [0, 0.05) is 19.8 Å². The van der Waals surface area contributed by atoms with Crippen LogP contribution in [0.4, 0.5) is 5.69 Å². The molecular weight excluding hydrogens is 324 g/mol. The number of ether oxygens (including phenoxy) is 2. The van der Waals surface area contributed by atoms with Crippen molar-refractivity contribution in [3.05, 3.63) is 40.6 Å². The maximum Gasteiger partial charge on any atom is 0.354 e. The highest BCUT2D eigenvalue weighted by atomic mass is 35.5. The first-order chi connectivity index (χ1) is 10.8. The Labute approximate surface area is 138 Å². The molecule has 0 saturated carbocycles. The van der Waals surface area contributed by atoms with Crippen molar-refractivity contribution in [2.45, 2.75) is 0 Å². The number of methoxy groups -OCH3 is 2. The van der Waals surface area contributed by atoms with Crippen LogP contribution >= 0.6 is 11.6 Å². The van der Waals surface area contributed by atoms with E-state index >= 15 is 0 Å². The molecule has 0 atom stereocenters. The third kappa shape index (κ3) is 5.00. The van der Waals surface area contributed by atoms with E-state index in [0.717, 1.165) is 6.08 Å². The number of hydrogen-bond acceptors (Lipinski definition) is 6. The Hall–Kier alpha value is -2.54. The van der Waals surface area contributed by atoms with Crippen LogP contribution in [0.1, 0.15) is 10.4 Å². The maximum absolute atomic E-state index is 11.9. The van der Waals surface area contributed by atoms with Gasteiger partial charge in [0.2, 0.25) is 0 Å². The van der Waals surface area contributed by atoms with Crippen LogP contribution in [0.3, 0.4) is 0 Å². The molecule has 0 unspecified atom stereocenters. The smallest absolute Gasteiger partial charge is 0.354 e. The lowest BCUT2D eigenvalue weighted by Gasteiger charge is -2.13. The molecule has 1 rings (SSSR count). The fourth-order valence-electron chi connectivity index (χ4n) is 1.60. The Kier molecular flexibility index (Phi) is 6.59. The van der Waals surface area contributed by atoms with E-state index in [1.165, 1.54) is 31.3 Å². The monoisotopic (exact) mass is 340 g/mol. The predicted octanol–water partition coefficient (Wildman–Crippen LogP) is 1.68. The van der Waals surface area contributed by atoms with Gasteiger partial charge in [-0.2, -0.15) is 0 Å². The number of benzene rings is 1. The van der Waals surface area contributed by atoms with Crippen molar-refractivity contribution in [3.63, 3.8) is 0 Å². The number of carbonyl (C=O) groups excluding carboxylic acids is 3. The Morgan fingerprint density at radius 1 is 1.17 bits per heavy atom. The Morgan fingerprint density at radius 2 is 1.83 bits per heavy atom. The summed E-state index contributed by atoms with van der Waals surface area (Å²) in [6.07, 6.45) is 0.957. The molecule has 7 nitrogen and oxygen atoms in total. The lowest BCUT2D eigenvalue weighted by atomic mass is 10.1. The molecule has 0 aliphatic rings. The van der Waals surface area contributed by atoms with Gasteiger partial charge in [-0.25, -0.2) is 9.59 Å². The number of anilines is 1. The van der Waals surface area contributed by atoms with Gasteiger partial charge >= 0.3 is 11.9 Å². The molecule has 0 aromatic heterocycles. The van der Waals surface area contributed by atoms with Crippen LogP contribution in [0, 0.1) is 0 Å². The Morgan fingerprint density at radius 3 is 2.30 bits per heavy atom. The zero-order valence-electron chi connectivity index (χ0n) is 13.2. The molecule has 1 N–H and O–H groups in total. The number of halogens is 1. The summed E-state index contributed by atoms with van der Waals surface area (Å²) in [6, 6.07) is 4.53. The summed E-state index contributed by atoms with van der Waals surface area (Å²) >= 11 is 6.08. The van der Waals surface area contributed by atoms with Crippen molar-refractivity contribution < 1.29 is 23.9 Å². The molecule has 1 aromatic carbocycles. The Balaban J connectivity index is 3.09. The minimum absolute atomic E-state index is 0.123. The standard InChI is InChI=1S/C15H17ClN2O5/c1-18(2)14(20)10-6-5-9(7-11(10)16)17-12(15(21)23-4)8-13(19)22-3/h5-8,17H,1-4H3/b12-8+. The zero-order valence-corrected chi connectivity index (χ0v) is 13.9. The summed E-state index contributed by atoms with van der Waals surface area (Å²) < 4.78 is 9.06. The van der Waals surface area contributed by atoms with Crippen molar-refractivity contribution in [1.29, 1.82) is 0 Å². The van der Waals surface area contributed by atoms with Crippen LogP contribution in [0.2, 0.25) is 5.02 Å². The van der Waals surface area contributed by atoms with Gasteiger partial charge in [0.25, 0.3) is 5.91 Å². The summed E-state index contributed by atoms with van der Waals surface area (Å²) in [5, 5.41) is 2.91. The lowest BCUT2D eigenvalue weighted by molar-refractivity contribution is -0.138. The van der Waals surface area contributed by atoms with E-state index in [4.69, 9.17) is 11.6 Å². The Bertz CT molecular complexity index is 655. The van der Waals surface area contributed by atoms with Crippen molar-refractivity contribution in [3.8, 4) is 0 Å². The molecule has 0 aliphatic heterocycles. The van der Waals surface area contributed by atoms with Gasteiger partial charge in [-0.05, 0) is 18.2 Å². The fourth-order valence-corrected chi connectivity index (χ4v) is 1.86. The van der Waals surface area contributed by atoms with Gasteiger partial charge in [-0.3, -0.25) is 4.79 Å². The average Bonchev–Trinajstić information content (AvgIpc) is 2.52. The minimum atomic E-state index is -0.750. The van der Waals surface area contributed by atoms with Crippen LogP contribution in [-0.4, -0.2) is 51.1 Å². The molecule has 0 spiro atoms. The van der Waals surface area contributed by atoms with E-state index in [-0.39, 0.29) is 16.6 Å². The molecule has 124 valence electrons. The second-order valence-electron chi connectivity index (χ2n) is 4.59. The highest BCUT2D eigenvalue weighted by Gasteiger charge is 2.16. The van der Waals surface area contributed by atoms with Crippen LogP contribution in [0.15, 0.2) is 30.0 Å². The third-order valence-electron chi connectivity index (χ3n) is 2.75. The summed E-state index contributed by atoms with van der Waals surface area (Å²) in [4.78, 5) is 36.3. The molecular formula is C15H17ClN2O5. The lowest BCUT2D eigenvalue weighted by Crippen LogP contribution is -2.22. The van der Waals surface area contributed by atoms with Crippen molar-refractivity contribution in [2.24, 2.45) is 0 Å². The van der Waals surface area contributed by atoms with Crippen molar-refractivity contribution in [1.82, 2.24) is 4.90 Å².